The lowest BCUT2D eigenvalue weighted by Crippen LogP contribution is -2.49. The van der Waals surface area contributed by atoms with E-state index < -0.39 is 0 Å². The standard InChI is InChI=1S/C23H32N4/c1-5-19-11-9-12-20(6-2)23(19)24-17(3)21-13-10-14-22(25-21)18(4)26-27-15-7-8-16-27/h7-9,11-12,15-16,21-22,25H,5-6,10,13-14H2,1-4H3/b24-17?,26-18+. The topological polar surface area (TPSA) is 41.7 Å². The molecule has 2 atom stereocenters. The highest BCUT2D eigenvalue weighted by atomic mass is 15.3. The fourth-order valence-corrected chi connectivity index (χ4v) is 3.85. The molecule has 144 valence electrons. The Morgan fingerprint density at radius 1 is 0.963 bits per heavy atom. The summed E-state index contributed by atoms with van der Waals surface area (Å²) in [5.41, 5.74) is 6.18. The smallest absolute Gasteiger partial charge is 0.0693 e. The Balaban J connectivity index is 1.79. The zero-order valence-corrected chi connectivity index (χ0v) is 17.1. The minimum absolute atomic E-state index is 0.309. The molecule has 0 bridgehead atoms. The Morgan fingerprint density at radius 3 is 2.15 bits per heavy atom. The van der Waals surface area contributed by atoms with Crippen LogP contribution in [-0.4, -0.2) is 28.2 Å². The molecule has 27 heavy (non-hydrogen) atoms. The average molecular weight is 365 g/mol. The second kappa shape index (κ2) is 9.14. The van der Waals surface area contributed by atoms with E-state index in [2.05, 4.69) is 51.2 Å². The molecule has 2 aromatic rings. The van der Waals surface area contributed by atoms with Crippen LogP contribution in [0, 0.1) is 0 Å². The van der Waals surface area contributed by atoms with Crippen LogP contribution >= 0.6 is 0 Å². The molecule has 0 radical (unpaired) electrons. The molecule has 1 N–H and O–H groups in total. The molecule has 0 amide bonds. The SMILES string of the molecule is CCc1cccc(CC)c1N=C(C)C1CCCC(/C(C)=N/n2cccc2)N1. The highest BCUT2D eigenvalue weighted by Crippen LogP contribution is 2.27. The lowest BCUT2D eigenvalue weighted by atomic mass is 9.93. The van der Waals surface area contributed by atoms with Gasteiger partial charge in [-0.05, 0) is 69.2 Å². The summed E-state index contributed by atoms with van der Waals surface area (Å²) in [6, 6.07) is 11.2. The van der Waals surface area contributed by atoms with Crippen molar-refractivity contribution < 1.29 is 0 Å². The molecule has 4 nitrogen and oxygen atoms in total. The maximum absolute atomic E-state index is 5.10. The number of aromatic nitrogens is 1. The van der Waals surface area contributed by atoms with E-state index in [4.69, 9.17) is 10.1 Å². The van der Waals surface area contributed by atoms with Crippen molar-refractivity contribution in [3.05, 3.63) is 53.9 Å². The third-order valence-corrected chi connectivity index (χ3v) is 5.51. The lowest BCUT2D eigenvalue weighted by Gasteiger charge is -2.31. The molecule has 4 heteroatoms. The minimum Gasteiger partial charge on any atom is -0.301 e. The van der Waals surface area contributed by atoms with Crippen molar-refractivity contribution in [2.75, 3.05) is 0 Å². The van der Waals surface area contributed by atoms with Crippen molar-refractivity contribution in [1.82, 2.24) is 9.99 Å². The first-order chi connectivity index (χ1) is 13.1. The van der Waals surface area contributed by atoms with Gasteiger partial charge >= 0.3 is 0 Å². The van der Waals surface area contributed by atoms with Gasteiger partial charge in [0.1, 0.15) is 0 Å². The Morgan fingerprint density at radius 2 is 1.56 bits per heavy atom. The molecule has 0 spiro atoms. The first-order valence-corrected chi connectivity index (χ1v) is 10.2. The third-order valence-electron chi connectivity index (χ3n) is 5.51. The molecular weight excluding hydrogens is 332 g/mol. The number of benzene rings is 1. The maximum Gasteiger partial charge on any atom is 0.0693 e. The van der Waals surface area contributed by atoms with E-state index >= 15 is 0 Å². The highest BCUT2D eigenvalue weighted by Gasteiger charge is 2.25. The molecule has 1 aromatic carbocycles. The summed E-state index contributed by atoms with van der Waals surface area (Å²) in [5.74, 6) is 0. The normalized spacial score (nSPS) is 21.5. The van der Waals surface area contributed by atoms with E-state index in [9.17, 15) is 0 Å². The Kier molecular flexibility index (Phi) is 6.62. The Bertz CT molecular complexity index is 780. The number of hydrogen-bond acceptors (Lipinski definition) is 3. The summed E-state index contributed by atoms with van der Waals surface area (Å²) in [6.07, 6.45) is 9.45. The van der Waals surface area contributed by atoms with Crippen LogP contribution in [0.5, 0.6) is 0 Å². The second-order valence-electron chi connectivity index (χ2n) is 7.39. The predicted octanol–water partition coefficient (Wildman–Crippen LogP) is 5.14. The zero-order valence-electron chi connectivity index (χ0n) is 17.1. The van der Waals surface area contributed by atoms with Gasteiger partial charge in [-0.3, -0.25) is 4.99 Å². The van der Waals surface area contributed by atoms with Gasteiger partial charge in [-0.25, -0.2) is 4.68 Å². The molecule has 1 fully saturated rings. The van der Waals surface area contributed by atoms with Crippen LogP contribution in [0.25, 0.3) is 0 Å². The number of piperidine rings is 1. The molecule has 0 saturated carbocycles. The fraction of sp³-hybridized carbons (Fsp3) is 0.478. The van der Waals surface area contributed by atoms with Crippen molar-refractivity contribution in [3.63, 3.8) is 0 Å². The summed E-state index contributed by atoms with van der Waals surface area (Å²) in [7, 11) is 0. The van der Waals surface area contributed by atoms with Crippen molar-refractivity contribution in [1.29, 1.82) is 0 Å². The quantitative estimate of drug-likeness (QED) is 0.709. The maximum atomic E-state index is 5.10. The molecule has 2 heterocycles. The summed E-state index contributed by atoms with van der Waals surface area (Å²) in [5, 5.41) is 8.49. The average Bonchev–Trinajstić information content (AvgIpc) is 3.21. The number of aryl methyl sites for hydroxylation is 2. The number of para-hydroxylation sites is 1. The number of aliphatic imine (C=N–C) groups is 1. The van der Waals surface area contributed by atoms with Gasteiger partial charge in [-0.1, -0.05) is 32.0 Å². The van der Waals surface area contributed by atoms with Crippen molar-refractivity contribution in [2.24, 2.45) is 10.1 Å². The van der Waals surface area contributed by atoms with Gasteiger partial charge in [0, 0.05) is 30.2 Å². The monoisotopic (exact) mass is 364 g/mol. The summed E-state index contributed by atoms with van der Waals surface area (Å²) in [4.78, 5) is 5.10. The summed E-state index contributed by atoms with van der Waals surface area (Å²) >= 11 is 0. The van der Waals surface area contributed by atoms with Gasteiger partial charge in [0.05, 0.1) is 11.4 Å². The van der Waals surface area contributed by atoms with Crippen LogP contribution in [0.4, 0.5) is 5.69 Å². The summed E-state index contributed by atoms with van der Waals surface area (Å²) in [6.45, 7) is 8.70. The van der Waals surface area contributed by atoms with Crippen molar-refractivity contribution in [2.45, 2.75) is 71.9 Å². The van der Waals surface area contributed by atoms with Crippen LogP contribution in [0.1, 0.15) is 58.1 Å². The van der Waals surface area contributed by atoms with Gasteiger partial charge in [0.15, 0.2) is 0 Å². The predicted molar refractivity (Wildman–Crippen MR) is 115 cm³/mol. The summed E-state index contributed by atoms with van der Waals surface area (Å²) < 4.78 is 1.88. The second-order valence-corrected chi connectivity index (χ2v) is 7.39. The molecule has 1 saturated heterocycles. The van der Waals surface area contributed by atoms with E-state index in [1.54, 1.807) is 0 Å². The molecule has 1 aliphatic rings. The number of nitrogens with one attached hydrogen (secondary N) is 1. The van der Waals surface area contributed by atoms with Gasteiger partial charge in [-0.2, -0.15) is 5.10 Å². The van der Waals surface area contributed by atoms with Crippen LogP contribution in [0.3, 0.4) is 0 Å². The highest BCUT2D eigenvalue weighted by molar-refractivity contribution is 5.92. The van der Waals surface area contributed by atoms with Crippen LogP contribution in [0.15, 0.2) is 52.8 Å². The van der Waals surface area contributed by atoms with Gasteiger partial charge in [0.25, 0.3) is 0 Å². The van der Waals surface area contributed by atoms with E-state index in [1.165, 1.54) is 28.9 Å². The van der Waals surface area contributed by atoms with E-state index in [0.29, 0.717) is 12.1 Å². The number of hydrogen-bond donors (Lipinski definition) is 1. The van der Waals surface area contributed by atoms with E-state index in [-0.39, 0.29) is 0 Å². The van der Waals surface area contributed by atoms with Gasteiger partial charge in [-0.15, -0.1) is 0 Å². The number of rotatable bonds is 6. The molecule has 0 aliphatic carbocycles. The fourth-order valence-electron chi connectivity index (χ4n) is 3.85. The van der Waals surface area contributed by atoms with Gasteiger partial charge < -0.3 is 5.32 Å². The van der Waals surface area contributed by atoms with Crippen LogP contribution in [0.2, 0.25) is 0 Å². The lowest BCUT2D eigenvalue weighted by molar-refractivity contribution is 0.426. The van der Waals surface area contributed by atoms with E-state index in [1.807, 2.05) is 29.2 Å². The minimum atomic E-state index is 0.309. The first-order valence-electron chi connectivity index (χ1n) is 10.2. The molecule has 3 rings (SSSR count). The Hall–Kier alpha value is -2.20. The zero-order chi connectivity index (χ0) is 19.2. The largest absolute Gasteiger partial charge is 0.301 e. The number of nitrogens with zero attached hydrogens (tertiary/aromatic N) is 3. The van der Waals surface area contributed by atoms with Crippen molar-refractivity contribution >= 4 is 17.1 Å². The first kappa shape index (κ1) is 19.6. The molecule has 1 aliphatic heterocycles. The molecule has 2 unspecified atom stereocenters. The van der Waals surface area contributed by atoms with Crippen LogP contribution in [-0.2, 0) is 12.8 Å². The van der Waals surface area contributed by atoms with Gasteiger partial charge in [0.2, 0.25) is 0 Å². The Labute approximate surface area is 163 Å². The molecular formula is C23H32N4. The van der Waals surface area contributed by atoms with Crippen LogP contribution < -0.4 is 5.32 Å². The third kappa shape index (κ3) is 4.75. The molecule has 1 aromatic heterocycles. The van der Waals surface area contributed by atoms with Crippen molar-refractivity contribution in [3.8, 4) is 0 Å². The van der Waals surface area contributed by atoms with E-state index in [0.717, 1.165) is 31.4 Å².